The number of rotatable bonds is 6. The van der Waals surface area contributed by atoms with E-state index in [9.17, 15) is 4.79 Å². The third-order valence-electron chi connectivity index (χ3n) is 3.65. The number of nitrogens with one attached hydrogen (secondary N) is 1. The Hall–Kier alpha value is -2.92. The average molecular weight is 321 g/mol. The van der Waals surface area contributed by atoms with E-state index in [4.69, 9.17) is 5.11 Å². The lowest BCUT2D eigenvalue weighted by atomic mass is 10.1. The van der Waals surface area contributed by atoms with Crippen LogP contribution >= 0.6 is 0 Å². The summed E-state index contributed by atoms with van der Waals surface area (Å²) >= 11 is 0. The van der Waals surface area contributed by atoms with Crippen molar-refractivity contribution in [3.05, 3.63) is 72.4 Å². The number of carbonyl (C=O) groups is 1. The highest BCUT2D eigenvalue weighted by atomic mass is 16.3. The molecule has 0 aliphatic carbocycles. The Morgan fingerprint density at radius 2 is 1.71 bits per heavy atom. The van der Waals surface area contributed by atoms with Gasteiger partial charge in [0.15, 0.2) is 0 Å². The zero-order valence-corrected chi connectivity index (χ0v) is 13.2. The SMILES string of the molecule is O=C(NCCCO)c1cn(-c2ccccc2)nc1-c1ccccc1. The van der Waals surface area contributed by atoms with Gasteiger partial charge in [0.25, 0.3) is 5.91 Å². The monoisotopic (exact) mass is 321 g/mol. The molecule has 2 aromatic carbocycles. The quantitative estimate of drug-likeness (QED) is 0.686. The van der Waals surface area contributed by atoms with E-state index in [1.165, 1.54) is 0 Å². The second-order valence-corrected chi connectivity index (χ2v) is 5.37. The Morgan fingerprint density at radius 1 is 1.04 bits per heavy atom. The minimum Gasteiger partial charge on any atom is -0.396 e. The number of benzene rings is 2. The standard InChI is InChI=1S/C19H19N3O2/c23-13-7-12-20-19(24)17-14-22(16-10-5-2-6-11-16)21-18(17)15-8-3-1-4-9-15/h1-6,8-11,14,23H,7,12-13H2,(H,20,24). The van der Waals surface area contributed by atoms with E-state index in [0.717, 1.165) is 11.3 Å². The van der Waals surface area contributed by atoms with Crippen LogP contribution in [0.15, 0.2) is 66.9 Å². The minimum atomic E-state index is -0.190. The number of hydrogen-bond acceptors (Lipinski definition) is 3. The van der Waals surface area contributed by atoms with Crippen LogP contribution in [0.4, 0.5) is 0 Å². The summed E-state index contributed by atoms with van der Waals surface area (Å²) in [6.45, 7) is 0.481. The van der Waals surface area contributed by atoms with E-state index in [2.05, 4.69) is 10.4 Å². The number of hydrogen-bond donors (Lipinski definition) is 2. The van der Waals surface area contributed by atoms with Crippen LogP contribution in [0.3, 0.4) is 0 Å². The number of amides is 1. The topological polar surface area (TPSA) is 67.2 Å². The summed E-state index contributed by atoms with van der Waals surface area (Å²) in [5, 5.41) is 16.3. The van der Waals surface area contributed by atoms with Crippen molar-refractivity contribution in [1.82, 2.24) is 15.1 Å². The Morgan fingerprint density at radius 3 is 2.38 bits per heavy atom. The fourth-order valence-corrected chi connectivity index (χ4v) is 2.44. The molecule has 0 aliphatic heterocycles. The first-order valence-corrected chi connectivity index (χ1v) is 7.89. The number of aromatic nitrogens is 2. The van der Waals surface area contributed by atoms with Crippen molar-refractivity contribution in [3.63, 3.8) is 0 Å². The smallest absolute Gasteiger partial charge is 0.255 e. The van der Waals surface area contributed by atoms with Crippen LogP contribution in [0.1, 0.15) is 16.8 Å². The van der Waals surface area contributed by atoms with Crippen molar-refractivity contribution in [3.8, 4) is 16.9 Å². The predicted octanol–water partition coefficient (Wildman–Crippen LogP) is 2.65. The fraction of sp³-hybridized carbons (Fsp3) is 0.158. The third-order valence-corrected chi connectivity index (χ3v) is 3.65. The molecule has 0 fully saturated rings. The van der Waals surface area contributed by atoms with Gasteiger partial charge in [0.05, 0.1) is 11.3 Å². The number of aliphatic hydroxyl groups is 1. The van der Waals surface area contributed by atoms with Crippen molar-refractivity contribution in [2.24, 2.45) is 0 Å². The Kier molecular flexibility index (Phi) is 5.03. The molecule has 0 spiro atoms. The zero-order chi connectivity index (χ0) is 16.8. The van der Waals surface area contributed by atoms with Crippen molar-refractivity contribution < 1.29 is 9.90 Å². The van der Waals surface area contributed by atoms with Gasteiger partial charge < -0.3 is 10.4 Å². The van der Waals surface area contributed by atoms with Gasteiger partial charge in [-0.3, -0.25) is 4.79 Å². The molecule has 5 heteroatoms. The molecule has 122 valence electrons. The molecule has 2 N–H and O–H groups in total. The average Bonchev–Trinajstić information content (AvgIpc) is 3.09. The molecular weight excluding hydrogens is 302 g/mol. The highest BCUT2D eigenvalue weighted by Gasteiger charge is 2.18. The van der Waals surface area contributed by atoms with Crippen LogP contribution in [0.2, 0.25) is 0 Å². The van der Waals surface area contributed by atoms with Crippen LogP contribution < -0.4 is 5.32 Å². The molecule has 0 saturated carbocycles. The van der Waals surface area contributed by atoms with E-state index >= 15 is 0 Å². The molecular formula is C19H19N3O2. The first-order chi connectivity index (χ1) is 11.8. The molecule has 3 aromatic rings. The summed E-state index contributed by atoms with van der Waals surface area (Å²) in [6.07, 6.45) is 2.27. The molecule has 1 aromatic heterocycles. The van der Waals surface area contributed by atoms with Crippen LogP contribution in [0.25, 0.3) is 16.9 Å². The van der Waals surface area contributed by atoms with Crippen LogP contribution in [-0.2, 0) is 0 Å². The maximum Gasteiger partial charge on any atom is 0.255 e. The summed E-state index contributed by atoms with van der Waals surface area (Å²) < 4.78 is 1.71. The van der Waals surface area contributed by atoms with E-state index < -0.39 is 0 Å². The molecule has 0 saturated heterocycles. The van der Waals surface area contributed by atoms with E-state index in [1.807, 2.05) is 60.7 Å². The Bertz CT molecular complexity index is 798. The number of aliphatic hydroxyl groups excluding tert-OH is 1. The molecule has 5 nitrogen and oxygen atoms in total. The van der Waals surface area contributed by atoms with Gasteiger partial charge in [-0.1, -0.05) is 48.5 Å². The molecule has 1 amide bonds. The van der Waals surface area contributed by atoms with Gasteiger partial charge in [0.2, 0.25) is 0 Å². The lowest BCUT2D eigenvalue weighted by molar-refractivity contribution is 0.0952. The normalized spacial score (nSPS) is 10.5. The summed E-state index contributed by atoms with van der Waals surface area (Å²) in [7, 11) is 0. The van der Waals surface area contributed by atoms with Gasteiger partial charge in [-0.15, -0.1) is 0 Å². The molecule has 1 heterocycles. The molecule has 0 aliphatic rings. The fourth-order valence-electron chi connectivity index (χ4n) is 2.44. The van der Waals surface area contributed by atoms with Crippen molar-refractivity contribution in [2.75, 3.05) is 13.2 Å². The molecule has 0 radical (unpaired) electrons. The van der Waals surface area contributed by atoms with Crippen molar-refractivity contribution in [1.29, 1.82) is 0 Å². The van der Waals surface area contributed by atoms with Gasteiger partial charge in [-0.25, -0.2) is 4.68 Å². The van der Waals surface area contributed by atoms with Crippen molar-refractivity contribution >= 4 is 5.91 Å². The number of carbonyl (C=O) groups excluding carboxylic acids is 1. The summed E-state index contributed by atoms with van der Waals surface area (Å²) in [4.78, 5) is 12.5. The van der Waals surface area contributed by atoms with Crippen LogP contribution in [-0.4, -0.2) is 33.9 Å². The van der Waals surface area contributed by atoms with E-state index in [-0.39, 0.29) is 12.5 Å². The van der Waals surface area contributed by atoms with Crippen LogP contribution in [0.5, 0.6) is 0 Å². The summed E-state index contributed by atoms with van der Waals surface area (Å²) in [6, 6.07) is 19.3. The molecule has 0 atom stereocenters. The minimum absolute atomic E-state index is 0.0507. The van der Waals surface area contributed by atoms with Crippen molar-refractivity contribution in [2.45, 2.75) is 6.42 Å². The molecule has 0 unspecified atom stereocenters. The largest absolute Gasteiger partial charge is 0.396 e. The van der Waals surface area contributed by atoms with Gasteiger partial charge in [0.1, 0.15) is 5.69 Å². The first-order valence-electron chi connectivity index (χ1n) is 7.89. The van der Waals surface area contributed by atoms with E-state index in [1.54, 1.807) is 10.9 Å². The molecule has 0 bridgehead atoms. The lowest BCUT2D eigenvalue weighted by Crippen LogP contribution is -2.25. The van der Waals surface area contributed by atoms with Gasteiger partial charge >= 0.3 is 0 Å². The predicted molar refractivity (Wildman–Crippen MR) is 93.0 cm³/mol. The Labute approximate surface area is 140 Å². The van der Waals surface area contributed by atoms with E-state index in [0.29, 0.717) is 24.2 Å². The second kappa shape index (κ2) is 7.57. The highest BCUT2D eigenvalue weighted by molar-refractivity contribution is 5.99. The number of nitrogens with zero attached hydrogens (tertiary/aromatic N) is 2. The number of para-hydroxylation sites is 1. The lowest BCUT2D eigenvalue weighted by Gasteiger charge is -2.04. The maximum atomic E-state index is 12.5. The van der Waals surface area contributed by atoms with Gasteiger partial charge in [-0.2, -0.15) is 5.10 Å². The second-order valence-electron chi connectivity index (χ2n) is 5.37. The first kappa shape index (κ1) is 16.0. The molecule has 3 rings (SSSR count). The maximum absolute atomic E-state index is 12.5. The van der Waals surface area contributed by atoms with Crippen LogP contribution in [0, 0.1) is 0 Å². The van der Waals surface area contributed by atoms with Gasteiger partial charge in [0, 0.05) is 24.9 Å². The summed E-state index contributed by atoms with van der Waals surface area (Å²) in [5.74, 6) is -0.190. The third kappa shape index (κ3) is 3.52. The Balaban J connectivity index is 1.99. The molecule has 24 heavy (non-hydrogen) atoms. The van der Waals surface area contributed by atoms with Gasteiger partial charge in [-0.05, 0) is 18.6 Å². The summed E-state index contributed by atoms with van der Waals surface area (Å²) in [5.41, 5.74) is 2.94. The zero-order valence-electron chi connectivity index (χ0n) is 13.2. The highest BCUT2D eigenvalue weighted by Crippen LogP contribution is 2.23.